The second-order valence-corrected chi connectivity index (χ2v) is 5.04. The molecule has 2 aromatic rings. The zero-order valence-electron chi connectivity index (χ0n) is 12.5. The van der Waals surface area contributed by atoms with Gasteiger partial charge in [-0.3, -0.25) is 10.1 Å². The van der Waals surface area contributed by atoms with Gasteiger partial charge in [-0.2, -0.15) is 0 Å². The number of nitrogens with one attached hydrogen (secondary N) is 1. The first-order valence-electron chi connectivity index (χ1n) is 6.97. The number of aromatic nitrogens is 1. The number of nitrogens with zero attached hydrogens (tertiary/aromatic N) is 2. The highest BCUT2D eigenvalue weighted by Crippen LogP contribution is 2.22. The van der Waals surface area contributed by atoms with Crippen LogP contribution in [0.2, 0.25) is 5.15 Å². The van der Waals surface area contributed by atoms with Gasteiger partial charge < -0.3 is 10.1 Å². The van der Waals surface area contributed by atoms with E-state index in [1.807, 2.05) is 30.3 Å². The first-order chi connectivity index (χ1) is 11.6. The van der Waals surface area contributed by atoms with Crippen LogP contribution in [0.25, 0.3) is 6.08 Å². The van der Waals surface area contributed by atoms with E-state index >= 15 is 0 Å². The topological polar surface area (TPSA) is 94.4 Å². The summed E-state index contributed by atoms with van der Waals surface area (Å²) in [6.07, 6.45) is 4.06. The van der Waals surface area contributed by atoms with E-state index in [1.54, 1.807) is 12.2 Å². The average molecular weight is 348 g/mol. The van der Waals surface area contributed by atoms with Crippen molar-refractivity contribution in [1.82, 2.24) is 10.3 Å². The molecular formula is C16H14ClN3O4. The van der Waals surface area contributed by atoms with Gasteiger partial charge in [-0.25, -0.2) is 9.78 Å². The molecule has 0 radical (unpaired) electrons. The molecule has 1 amide bonds. The number of benzene rings is 1. The van der Waals surface area contributed by atoms with Crippen molar-refractivity contribution in [1.29, 1.82) is 0 Å². The van der Waals surface area contributed by atoms with Crippen molar-refractivity contribution < 1.29 is 14.5 Å². The average Bonchev–Trinajstić information content (AvgIpc) is 2.59. The van der Waals surface area contributed by atoms with E-state index in [-0.39, 0.29) is 24.0 Å². The van der Waals surface area contributed by atoms with E-state index in [0.29, 0.717) is 5.56 Å². The first-order valence-corrected chi connectivity index (χ1v) is 7.35. The van der Waals surface area contributed by atoms with Crippen LogP contribution < -0.4 is 5.32 Å². The molecule has 0 bridgehead atoms. The fourth-order valence-electron chi connectivity index (χ4n) is 1.78. The van der Waals surface area contributed by atoms with Crippen LogP contribution in [0.5, 0.6) is 0 Å². The standard InChI is InChI=1S/C16H14ClN3O4/c17-15-14(20(22)23)9-13(10-19-15)7-4-8-18-16(21)24-11-12-5-2-1-3-6-12/h1-7,9-10H,8,11H2,(H,18,21). The highest BCUT2D eigenvalue weighted by Gasteiger charge is 2.13. The molecule has 0 aliphatic heterocycles. The minimum atomic E-state index is -0.605. The molecule has 1 N–H and O–H groups in total. The van der Waals surface area contributed by atoms with Crippen LogP contribution in [-0.4, -0.2) is 22.5 Å². The van der Waals surface area contributed by atoms with Crippen molar-refractivity contribution >= 4 is 29.5 Å². The molecule has 1 aromatic carbocycles. The Kier molecular flexibility index (Phi) is 6.27. The Morgan fingerprint density at radius 3 is 2.83 bits per heavy atom. The van der Waals surface area contributed by atoms with Crippen molar-refractivity contribution in [3.63, 3.8) is 0 Å². The van der Waals surface area contributed by atoms with Crippen LogP contribution in [0.4, 0.5) is 10.5 Å². The summed E-state index contributed by atoms with van der Waals surface area (Å²) < 4.78 is 5.04. The molecule has 0 saturated carbocycles. The first kappa shape index (κ1) is 17.4. The van der Waals surface area contributed by atoms with Gasteiger partial charge in [0.25, 0.3) is 0 Å². The van der Waals surface area contributed by atoms with E-state index in [1.165, 1.54) is 12.3 Å². The lowest BCUT2D eigenvalue weighted by Gasteiger charge is -2.05. The van der Waals surface area contributed by atoms with E-state index in [2.05, 4.69) is 10.3 Å². The fourth-order valence-corrected chi connectivity index (χ4v) is 1.95. The third kappa shape index (κ3) is 5.36. The van der Waals surface area contributed by atoms with Crippen molar-refractivity contribution in [3.05, 3.63) is 75.1 Å². The van der Waals surface area contributed by atoms with Gasteiger partial charge in [0.1, 0.15) is 6.61 Å². The highest BCUT2D eigenvalue weighted by atomic mass is 35.5. The lowest BCUT2D eigenvalue weighted by Crippen LogP contribution is -2.24. The maximum Gasteiger partial charge on any atom is 0.407 e. The molecule has 124 valence electrons. The molecule has 0 fully saturated rings. The Bertz CT molecular complexity index is 750. The van der Waals surface area contributed by atoms with Crippen molar-refractivity contribution in [2.45, 2.75) is 6.61 Å². The molecule has 0 unspecified atom stereocenters. The number of carbonyl (C=O) groups excluding carboxylic acids is 1. The third-order valence-corrected chi connectivity index (χ3v) is 3.22. The number of carbonyl (C=O) groups is 1. The summed E-state index contributed by atoms with van der Waals surface area (Å²) in [5, 5.41) is 13.1. The molecule has 0 spiro atoms. The quantitative estimate of drug-likeness (QED) is 0.489. The molecule has 2 rings (SSSR count). The normalized spacial score (nSPS) is 10.5. The number of rotatable bonds is 6. The molecule has 24 heavy (non-hydrogen) atoms. The molecule has 1 heterocycles. The minimum Gasteiger partial charge on any atom is -0.445 e. The van der Waals surface area contributed by atoms with Crippen LogP contribution in [0.1, 0.15) is 11.1 Å². The molecule has 0 atom stereocenters. The van der Waals surface area contributed by atoms with Gasteiger partial charge in [-0.1, -0.05) is 54.1 Å². The lowest BCUT2D eigenvalue weighted by atomic mass is 10.2. The summed E-state index contributed by atoms with van der Waals surface area (Å²) >= 11 is 5.63. The molecule has 0 aliphatic carbocycles. The monoisotopic (exact) mass is 347 g/mol. The number of hydrogen-bond donors (Lipinski definition) is 1. The van der Waals surface area contributed by atoms with Crippen molar-refractivity contribution in [3.8, 4) is 0 Å². The number of ether oxygens (including phenoxy) is 1. The number of pyridine rings is 1. The van der Waals surface area contributed by atoms with Gasteiger partial charge in [-0.15, -0.1) is 0 Å². The maximum atomic E-state index is 11.5. The van der Waals surface area contributed by atoms with E-state index in [0.717, 1.165) is 5.56 Å². The summed E-state index contributed by atoms with van der Waals surface area (Å²) in [6, 6.07) is 10.6. The minimum absolute atomic E-state index is 0.167. The summed E-state index contributed by atoms with van der Waals surface area (Å²) in [4.78, 5) is 25.4. The molecular weight excluding hydrogens is 334 g/mol. The predicted molar refractivity (Wildman–Crippen MR) is 89.6 cm³/mol. The van der Waals surface area contributed by atoms with Crippen molar-refractivity contribution in [2.24, 2.45) is 0 Å². The molecule has 7 nitrogen and oxygen atoms in total. The zero-order chi connectivity index (χ0) is 17.4. The van der Waals surface area contributed by atoms with Gasteiger partial charge in [0.15, 0.2) is 0 Å². The van der Waals surface area contributed by atoms with Crippen LogP contribution in [0.15, 0.2) is 48.7 Å². The molecule has 8 heteroatoms. The predicted octanol–water partition coefficient (Wildman–Crippen LogP) is 3.58. The Balaban J connectivity index is 1.79. The van der Waals surface area contributed by atoms with Gasteiger partial charge in [0, 0.05) is 18.8 Å². The maximum absolute atomic E-state index is 11.5. The number of halogens is 1. The van der Waals surface area contributed by atoms with Crippen molar-refractivity contribution in [2.75, 3.05) is 6.54 Å². The smallest absolute Gasteiger partial charge is 0.407 e. The second kappa shape index (κ2) is 8.64. The van der Waals surface area contributed by atoms with E-state index in [4.69, 9.17) is 16.3 Å². The molecule has 0 saturated heterocycles. The Morgan fingerprint density at radius 1 is 1.38 bits per heavy atom. The molecule has 1 aromatic heterocycles. The fraction of sp³-hybridized carbons (Fsp3) is 0.125. The summed E-state index contributed by atoms with van der Waals surface area (Å²) in [7, 11) is 0. The van der Waals surface area contributed by atoms with Crippen LogP contribution >= 0.6 is 11.6 Å². The van der Waals surface area contributed by atoms with E-state index < -0.39 is 11.0 Å². The van der Waals surface area contributed by atoms with Gasteiger partial charge >= 0.3 is 11.8 Å². The Labute approximate surface area is 143 Å². The number of nitro groups is 1. The lowest BCUT2D eigenvalue weighted by molar-refractivity contribution is -0.385. The third-order valence-electron chi connectivity index (χ3n) is 2.93. The summed E-state index contributed by atoms with van der Waals surface area (Å²) in [5.41, 5.74) is 1.13. The van der Waals surface area contributed by atoms with Crippen LogP contribution in [0.3, 0.4) is 0 Å². The Hall–Kier alpha value is -2.93. The number of amides is 1. The zero-order valence-corrected chi connectivity index (χ0v) is 13.3. The highest BCUT2D eigenvalue weighted by molar-refractivity contribution is 6.31. The number of hydrogen-bond acceptors (Lipinski definition) is 5. The second-order valence-electron chi connectivity index (χ2n) is 4.68. The van der Waals surface area contributed by atoms with E-state index in [9.17, 15) is 14.9 Å². The van der Waals surface area contributed by atoms with Gasteiger partial charge in [0.05, 0.1) is 4.92 Å². The number of alkyl carbamates (subject to hydrolysis) is 1. The molecule has 0 aliphatic rings. The Morgan fingerprint density at radius 2 is 2.12 bits per heavy atom. The largest absolute Gasteiger partial charge is 0.445 e. The van der Waals surface area contributed by atoms with Gasteiger partial charge in [-0.05, 0) is 11.1 Å². The SMILES string of the molecule is O=C(NCC=Cc1cnc(Cl)c([N+](=O)[O-])c1)OCc1ccccc1. The van der Waals surface area contributed by atoms with Gasteiger partial charge in [0.2, 0.25) is 5.15 Å². The summed E-state index contributed by atoms with van der Waals surface area (Å²) in [5.74, 6) is 0. The summed E-state index contributed by atoms with van der Waals surface area (Å²) in [6.45, 7) is 0.397. The van der Waals surface area contributed by atoms with Crippen LogP contribution in [-0.2, 0) is 11.3 Å². The van der Waals surface area contributed by atoms with Crippen LogP contribution in [0, 0.1) is 10.1 Å².